The largest absolute Gasteiger partial charge is 0.476 e. The van der Waals surface area contributed by atoms with Crippen molar-refractivity contribution in [3.63, 3.8) is 0 Å². The van der Waals surface area contributed by atoms with Gasteiger partial charge in [0, 0.05) is 11.6 Å². The Morgan fingerprint density at radius 2 is 2.06 bits per heavy atom. The van der Waals surface area contributed by atoms with Crippen LogP contribution in [0.5, 0.6) is 0 Å². The Bertz CT molecular complexity index is 596. The number of carbonyl (C=O) groups is 1. The average molecular weight is 253 g/mol. The molecule has 2 heterocycles. The SMILES string of the molecule is CC(C)(C)c1nc(C(=O)O)c2ccc(Cl)cn12. The van der Waals surface area contributed by atoms with Gasteiger partial charge in [-0.1, -0.05) is 32.4 Å². The molecule has 0 bridgehead atoms. The minimum Gasteiger partial charge on any atom is -0.476 e. The molecule has 0 aliphatic carbocycles. The predicted octanol–water partition coefficient (Wildman–Crippen LogP) is 2.98. The van der Waals surface area contributed by atoms with E-state index in [0.717, 1.165) is 0 Å². The van der Waals surface area contributed by atoms with Crippen molar-refractivity contribution in [1.82, 2.24) is 9.38 Å². The first-order valence-corrected chi connectivity index (χ1v) is 5.60. The van der Waals surface area contributed by atoms with Crippen LogP contribution in [0.4, 0.5) is 0 Å². The van der Waals surface area contributed by atoms with E-state index in [2.05, 4.69) is 4.98 Å². The van der Waals surface area contributed by atoms with Crippen LogP contribution in [0.1, 0.15) is 37.1 Å². The van der Waals surface area contributed by atoms with Crippen molar-refractivity contribution in [1.29, 1.82) is 0 Å². The number of aromatic carboxylic acids is 1. The Kier molecular flexibility index (Phi) is 2.62. The Balaban J connectivity index is 2.85. The highest BCUT2D eigenvalue weighted by molar-refractivity contribution is 6.30. The van der Waals surface area contributed by atoms with Crippen molar-refractivity contribution in [2.75, 3.05) is 0 Å². The van der Waals surface area contributed by atoms with Gasteiger partial charge in [-0.2, -0.15) is 0 Å². The van der Waals surface area contributed by atoms with E-state index in [0.29, 0.717) is 16.4 Å². The standard InChI is InChI=1S/C12H13ClN2O2/c1-12(2,3)11-14-9(10(16)17)8-5-4-7(13)6-15(8)11/h4-6H,1-3H3,(H,16,17). The second-order valence-corrected chi connectivity index (χ2v) is 5.38. The van der Waals surface area contributed by atoms with E-state index in [9.17, 15) is 4.79 Å². The van der Waals surface area contributed by atoms with E-state index in [1.54, 1.807) is 22.7 Å². The van der Waals surface area contributed by atoms with Crippen molar-refractivity contribution >= 4 is 23.1 Å². The van der Waals surface area contributed by atoms with Crippen molar-refractivity contribution in [3.8, 4) is 0 Å². The fourth-order valence-corrected chi connectivity index (χ4v) is 1.91. The first-order valence-electron chi connectivity index (χ1n) is 5.22. The number of carboxylic acids is 1. The van der Waals surface area contributed by atoms with Gasteiger partial charge in [-0.15, -0.1) is 0 Å². The summed E-state index contributed by atoms with van der Waals surface area (Å²) in [4.78, 5) is 15.3. The Morgan fingerprint density at radius 3 is 2.59 bits per heavy atom. The van der Waals surface area contributed by atoms with Gasteiger partial charge in [-0.05, 0) is 12.1 Å². The summed E-state index contributed by atoms with van der Waals surface area (Å²) >= 11 is 5.93. The molecule has 2 aromatic heterocycles. The smallest absolute Gasteiger partial charge is 0.356 e. The molecule has 0 saturated carbocycles. The van der Waals surface area contributed by atoms with Crippen LogP contribution in [0.15, 0.2) is 18.3 Å². The Hall–Kier alpha value is -1.55. The molecular formula is C12H13ClN2O2. The Labute approximate surface area is 104 Å². The van der Waals surface area contributed by atoms with E-state index >= 15 is 0 Å². The first-order chi connectivity index (χ1) is 7.80. The van der Waals surface area contributed by atoms with Gasteiger partial charge in [0.05, 0.1) is 10.5 Å². The number of aromatic nitrogens is 2. The summed E-state index contributed by atoms with van der Waals surface area (Å²) in [5, 5.41) is 9.68. The van der Waals surface area contributed by atoms with Crippen molar-refractivity contribution in [2.24, 2.45) is 0 Å². The summed E-state index contributed by atoms with van der Waals surface area (Å²) < 4.78 is 1.74. The molecule has 0 saturated heterocycles. The molecule has 1 N–H and O–H groups in total. The molecule has 2 rings (SSSR count). The third-order valence-corrected chi connectivity index (χ3v) is 2.70. The third kappa shape index (κ3) is 2.00. The zero-order valence-electron chi connectivity index (χ0n) is 9.86. The van der Waals surface area contributed by atoms with Gasteiger partial charge in [-0.25, -0.2) is 9.78 Å². The summed E-state index contributed by atoms with van der Waals surface area (Å²) in [5.41, 5.74) is 0.375. The molecule has 0 radical (unpaired) electrons. The lowest BCUT2D eigenvalue weighted by Crippen LogP contribution is -2.16. The maximum absolute atomic E-state index is 11.1. The molecular weight excluding hydrogens is 240 g/mol. The number of nitrogens with zero attached hydrogens (tertiary/aromatic N) is 2. The number of hydrogen-bond acceptors (Lipinski definition) is 2. The summed E-state index contributed by atoms with van der Waals surface area (Å²) in [6.45, 7) is 5.94. The third-order valence-electron chi connectivity index (χ3n) is 2.47. The summed E-state index contributed by atoms with van der Waals surface area (Å²) in [6, 6.07) is 3.34. The monoisotopic (exact) mass is 252 g/mol. The predicted molar refractivity (Wildman–Crippen MR) is 65.9 cm³/mol. The van der Waals surface area contributed by atoms with Gasteiger partial charge in [0.15, 0.2) is 5.69 Å². The molecule has 0 aliphatic heterocycles. The van der Waals surface area contributed by atoms with E-state index in [-0.39, 0.29) is 11.1 Å². The number of fused-ring (bicyclic) bond motifs is 1. The lowest BCUT2D eigenvalue weighted by molar-refractivity contribution is 0.0693. The van der Waals surface area contributed by atoms with Gasteiger partial charge in [0.1, 0.15) is 5.82 Å². The van der Waals surface area contributed by atoms with Crippen LogP contribution < -0.4 is 0 Å². The number of pyridine rings is 1. The second-order valence-electron chi connectivity index (χ2n) is 4.94. The van der Waals surface area contributed by atoms with Crippen molar-refractivity contribution in [2.45, 2.75) is 26.2 Å². The fourth-order valence-electron chi connectivity index (χ4n) is 1.75. The summed E-state index contributed by atoms with van der Waals surface area (Å²) in [5.74, 6) is -0.340. The van der Waals surface area contributed by atoms with E-state index < -0.39 is 5.97 Å². The minimum absolute atomic E-state index is 0.0617. The quantitative estimate of drug-likeness (QED) is 0.849. The maximum Gasteiger partial charge on any atom is 0.356 e. The van der Waals surface area contributed by atoms with Crippen LogP contribution in [0.2, 0.25) is 5.02 Å². The maximum atomic E-state index is 11.1. The van der Waals surface area contributed by atoms with E-state index in [1.165, 1.54) is 0 Å². The minimum atomic E-state index is -1.03. The van der Waals surface area contributed by atoms with Crippen molar-refractivity contribution < 1.29 is 9.90 Å². The average Bonchev–Trinajstić information content (AvgIpc) is 2.55. The topological polar surface area (TPSA) is 54.6 Å². The van der Waals surface area contributed by atoms with Crippen molar-refractivity contribution in [3.05, 3.63) is 34.9 Å². The lowest BCUT2D eigenvalue weighted by atomic mass is 9.96. The van der Waals surface area contributed by atoms with Gasteiger partial charge < -0.3 is 9.51 Å². The molecule has 0 fully saturated rings. The normalized spacial score (nSPS) is 12.0. The van der Waals surface area contributed by atoms with Crippen LogP contribution in [0.25, 0.3) is 5.52 Å². The number of rotatable bonds is 1. The van der Waals surface area contributed by atoms with Crippen LogP contribution in [-0.4, -0.2) is 20.5 Å². The highest BCUT2D eigenvalue weighted by Crippen LogP contribution is 2.26. The van der Waals surface area contributed by atoms with Crippen LogP contribution in [-0.2, 0) is 5.41 Å². The molecule has 5 heteroatoms. The number of carboxylic acid groups (broad SMARTS) is 1. The molecule has 0 unspecified atom stereocenters. The molecule has 0 atom stereocenters. The zero-order valence-corrected chi connectivity index (χ0v) is 10.6. The molecule has 0 spiro atoms. The van der Waals surface area contributed by atoms with Crippen LogP contribution in [0.3, 0.4) is 0 Å². The first kappa shape index (κ1) is 11.9. The number of imidazole rings is 1. The molecule has 0 amide bonds. The van der Waals surface area contributed by atoms with Gasteiger partial charge >= 0.3 is 5.97 Å². The van der Waals surface area contributed by atoms with Gasteiger partial charge in [-0.3, -0.25) is 0 Å². The Morgan fingerprint density at radius 1 is 1.41 bits per heavy atom. The highest BCUT2D eigenvalue weighted by Gasteiger charge is 2.24. The lowest BCUT2D eigenvalue weighted by Gasteiger charge is -2.16. The number of halogens is 1. The molecule has 2 aromatic rings. The van der Waals surface area contributed by atoms with E-state index in [4.69, 9.17) is 16.7 Å². The molecule has 17 heavy (non-hydrogen) atoms. The van der Waals surface area contributed by atoms with Gasteiger partial charge in [0.2, 0.25) is 0 Å². The van der Waals surface area contributed by atoms with Crippen LogP contribution >= 0.6 is 11.6 Å². The molecule has 0 aromatic carbocycles. The van der Waals surface area contributed by atoms with Gasteiger partial charge in [0.25, 0.3) is 0 Å². The zero-order chi connectivity index (χ0) is 12.8. The highest BCUT2D eigenvalue weighted by atomic mass is 35.5. The number of hydrogen-bond donors (Lipinski definition) is 1. The van der Waals surface area contributed by atoms with Crippen LogP contribution in [0, 0.1) is 0 Å². The second kappa shape index (κ2) is 3.74. The summed E-state index contributed by atoms with van der Waals surface area (Å²) in [6.07, 6.45) is 1.69. The molecule has 90 valence electrons. The fraction of sp³-hybridized carbons (Fsp3) is 0.333. The van der Waals surface area contributed by atoms with E-state index in [1.807, 2.05) is 20.8 Å². The summed E-state index contributed by atoms with van der Waals surface area (Å²) in [7, 11) is 0. The molecule has 4 nitrogen and oxygen atoms in total. The molecule has 0 aliphatic rings.